The number of hydrogen-bond acceptors (Lipinski definition) is 10. The molecule has 350 valence electrons. The summed E-state index contributed by atoms with van der Waals surface area (Å²) < 4.78 is 58.9. The normalized spacial score (nSPS) is 21.9. The summed E-state index contributed by atoms with van der Waals surface area (Å²) in [6.45, 7) is 5.46. The predicted molar refractivity (Wildman–Crippen MR) is 247 cm³/mol. The molecular formula is C52H77NO10. The fourth-order valence-electron chi connectivity index (χ4n) is 9.43. The average molecular weight is 876 g/mol. The second-order valence-electron chi connectivity index (χ2n) is 18.1. The summed E-state index contributed by atoms with van der Waals surface area (Å²) in [4.78, 5) is 15.3. The SMILES string of the molecule is CCCCCCCCCCCCCCCCn1c(-c2ccc(OC3CCCCO3)c(OC)c2)c(OC2CCCCO2)c(=O)c2c(OC3CCCCO3)cc(OC3CCCCO3)cc21. The molecule has 4 aliphatic heterocycles. The topological polar surface area (TPSA) is 105 Å². The highest BCUT2D eigenvalue weighted by atomic mass is 16.7. The van der Waals surface area contributed by atoms with Crippen LogP contribution >= 0.6 is 0 Å². The van der Waals surface area contributed by atoms with Crippen molar-refractivity contribution in [1.29, 1.82) is 0 Å². The Balaban J connectivity index is 1.23. The van der Waals surface area contributed by atoms with Gasteiger partial charge in [0.15, 0.2) is 42.4 Å². The summed E-state index contributed by atoms with van der Waals surface area (Å²) in [6.07, 6.45) is 27.2. The Morgan fingerprint density at radius 2 is 1.03 bits per heavy atom. The number of benzene rings is 2. The lowest BCUT2D eigenvalue weighted by Gasteiger charge is -2.29. The van der Waals surface area contributed by atoms with E-state index in [4.69, 9.17) is 42.6 Å². The van der Waals surface area contributed by atoms with Crippen LogP contribution in [0.2, 0.25) is 0 Å². The first-order valence-electron chi connectivity index (χ1n) is 25.2. The number of hydrogen-bond donors (Lipinski definition) is 0. The molecule has 4 aliphatic rings. The molecule has 0 N–H and O–H groups in total. The molecule has 4 fully saturated rings. The zero-order valence-electron chi connectivity index (χ0n) is 38.6. The van der Waals surface area contributed by atoms with Crippen molar-refractivity contribution < 1.29 is 42.6 Å². The highest BCUT2D eigenvalue weighted by Crippen LogP contribution is 2.42. The zero-order valence-corrected chi connectivity index (χ0v) is 38.6. The molecule has 2 aromatic carbocycles. The minimum atomic E-state index is -0.554. The van der Waals surface area contributed by atoms with Crippen molar-refractivity contribution in [3.8, 4) is 40.0 Å². The largest absolute Gasteiger partial charge is 0.493 e. The number of rotatable bonds is 25. The first-order chi connectivity index (χ1) is 31.1. The third-order valence-corrected chi connectivity index (χ3v) is 13.0. The van der Waals surface area contributed by atoms with Gasteiger partial charge in [-0.15, -0.1) is 0 Å². The Labute approximate surface area is 376 Å². The van der Waals surface area contributed by atoms with Crippen LogP contribution in [0.25, 0.3) is 22.2 Å². The lowest BCUT2D eigenvalue weighted by Crippen LogP contribution is -2.30. The molecule has 11 nitrogen and oxygen atoms in total. The molecular weight excluding hydrogens is 799 g/mol. The molecule has 0 aliphatic carbocycles. The van der Waals surface area contributed by atoms with E-state index in [0.29, 0.717) is 73.5 Å². The number of aryl methyl sites for hydroxylation is 1. The molecule has 3 aromatic rings. The van der Waals surface area contributed by atoms with E-state index in [1.165, 1.54) is 70.6 Å². The highest BCUT2D eigenvalue weighted by molar-refractivity contribution is 5.92. The van der Waals surface area contributed by atoms with Gasteiger partial charge in [-0.3, -0.25) is 4.79 Å². The zero-order chi connectivity index (χ0) is 43.5. The van der Waals surface area contributed by atoms with Gasteiger partial charge < -0.3 is 47.2 Å². The van der Waals surface area contributed by atoms with Crippen molar-refractivity contribution in [1.82, 2.24) is 4.57 Å². The van der Waals surface area contributed by atoms with Gasteiger partial charge in [0.1, 0.15) is 11.5 Å². The Kier molecular flexibility index (Phi) is 19.5. The van der Waals surface area contributed by atoms with Gasteiger partial charge in [-0.1, -0.05) is 90.4 Å². The standard InChI is InChI=1S/C52H77NO10/c1-3-4-5-6-7-8-9-10-11-12-13-14-15-20-31-53-41-37-40(60-45-25-16-21-32-56-45)38-44(62-47-27-18-23-34-58-47)49(41)51(54)52(63-48-28-19-24-35-59-48)50(53)39-29-30-42(43(36-39)55-2)61-46-26-17-22-33-57-46/h29-30,36-38,45-48H,3-28,31-35H2,1-2H3. The fourth-order valence-corrected chi connectivity index (χ4v) is 9.43. The van der Waals surface area contributed by atoms with E-state index in [1.807, 2.05) is 30.3 Å². The van der Waals surface area contributed by atoms with Gasteiger partial charge in [-0.05, 0) is 76.0 Å². The predicted octanol–water partition coefficient (Wildman–Crippen LogP) is 12.8. The monoisotopic (exact) mass is 876 g/mol. The van der Waals surface area contributed by atoms with Crippen molar-refractivity contribution in [2.75, 3.05) is 33.5 Å². The average Bonchev–Trinajstić information content (AvgIpc) is 3.32. The lowest BCUT2D eigenvalue weighted by molar-refractivity contribution is -0.109. The van der Waals surface area contributed by atoms with Gasteiger partial charge >= 0.3 is 0 Å². The molecule has 0 spiro atoms. The third-order valence-electron chi connectivity index (χ3n) is 13.0. The van der Waals surface area contributed by atoms with Crippen LogP contribution in [0.15, 0.2) is 35.1 Å². The van der Waals surface area contributed by atoms with E-state index in [0.717, 1.165) is 101 Å². The van der Waals surface area contributed by atoms with E-state index in [-0.39, 0.29) is 23.8 Å². The van der Waals surface area contributed by atoms with Gasteiger partial charge in [-0.2, -0.15) is 0 Å². The van der Waals surface area contributed by atoms with Gasteiger partial charge in [0.25, 0.3) is 0 Å². The number of pyridine rings is 1. The van der Waals surface area contributed by atoms with Crippen LogP contribution in [0, 0.1) is 0 Å². The Morgan fingerprint density at radius 1 is 0.540 bits per heavy atom. The summed E-state index contributed by atoms with van der Waals surface area (Å²) in [5.74, 6) is 2.42. The summed E-state index contributed by atoms with van der Waals surface area (Å²) in [6, 6.07) is 9.72. The van der Waals surface area contributed by atoms with Crippen molar-refractivity contribution >= 4 is 10.9 Å². The molecule has 1 aromatic heterocycles. The summed E-state index contributed by atoms with van der Waals surface area (Å²) in [7, 11) is 1.65. The molecule has 63 heavy (non-hydrogen) atoms. The number of nitrogens with zero attached hydrogens (tertiary/aromatic N) is 1. The van der Waals surface area contributed by atoms with Crippen LogP contribution < -0.4 is 29.1 Å². The second-order valence-corrected chi connectivity index (χ2v) is 18.1. The van der Waals surface area contributed by atoms with Gasteiger partial charge in [-0.25, -0.2) is 0 Å². The maximum atomic E-state index is 15.3. The molecule has 5 heterocycles. The Bertz CT molecular complexity index is 1860. The quantitative estimate of drug-likeness (QED) is 0.0764. The first kappa shape index (κ1) is 47.5. The smallest absolute Gasteiger partial charge is 0.235 e. The number of aromatic nitrogens is 1. The molecule has 11 heteroatoms. The minimum absolute atomic E-state index is 0.241. The van der Waals surface area contributed by atoms with Crippen molar-refractivity contribution in [2.45, 2.75) is 206 Å². The van der Waals surface area contributed by atoms with E-state index in [2.05, 4.69) is 11.5 Å². The number of unbranched alkanes of at least 4 members (excludes halogenated alkanes) is 13. The minimum Gasteiger partial charge on any atom is -0.493 e. The van der Waals surface area contributed by atoms with Crippen LogP contribution in [0.1, 0.15) is 174 Å². The summed E-state index contributed by atoms with van der Waals surface area (Å²) in [5, 5.41) is 0.447. The van der Waals surface area contributed by atoms with Crippen LogP contribution in [-0.2, 0) is 25.5 Å². The van der Waals surface area contributed by atoms with Crippen LogP contribution in [-0.4, -0.2) is 63.3 Å². The van der Waals surface area contributed by atoms with E-state index < -0.39 is 12.6 Å². The van der Waals surface area contributed by atoms with Gasteiger partial charge in [0.2, 0.25) is 5.43 Å². The highest BCUT2D eigenvalue weighted by Gasteiger charge is 2.30. The molecule has 4 saturated heterocycles. The van der Waals surface area contributed by atoms with Crippen LogP contribution in [0.4, 0.5) is 0 Å². The van der Waals surface area contributed by atoms with Crippen LogP contribution in [0.3, 0.4) is 0 Å². The molecule has 0 bridgehead atoms. The second kappa shape index (κ2) is 25.8. The molecule has 0 amide bonds. The van der Waals surface area contributed by atoms with E-state index in [9.17, 15) is 0 Å². The first-order valence-corrected chi connectivity index (χ1v) is 25.2. The molecule has 0 radical (unpaired) electrons. The number of methoxy groups -OCH3 is 1. The maximum absolute atomic E-state index is 15.3. The van der Waals surface area contributed by atoms with E-state index >= 15 is 4.79 Å². The van der Waals surface area contributed by atoms with Crippen molar-refractivity contribution in [2.24, 2.45) is 0 Å². The van der Waals surface area contributed by atoms with Crippen molar-refractivity contribution in [3.05, 3.63) is 40.6 Å². The van der Waals surface area contributed by atoms with Crippen LogP contribution in [0.5, 0.6) is 28.7 Å². The molecule has 7 rings (SSSR count). The summed E-state index contributed by atoms with van der Waals surface area (Å²) in [5.41, 5.74) is 1.91. The van der Waals surface area contributed by atoms with Gasteiger partial charge in [0.05, 0.1) is 50.1 Å². The summed E-state index contributed by atoms with van der Waals surface area (Å²) >= 11 is 0. The van der Waals surface area contributed by atoms with E-state index in [1.54, 1.807) is 7.11 Å². The Morgan fingerprint density at radius 3 is 1.54 bits per heavy atom. The van der Waals surface area contributed by atoms with Crippen molar-refractivity contribution in [3.63, 3.8) is 0 Å². The molecule has 0 saturated carbocycles. The fraction of sp³-hybridized carbons (Fsp3) is 0.712. The maximum Gasteiger partial charge on any atom is 0.235 e. The lowest BCUT2D eigenvalue weighted by atomic mass is 10.0. The molecule has 4 atom stereocenters. The molecule has 4 unspecified atom stereocenters. The van der Waals surface area contributed by atoms with Gasteiger partial charge in [0, 0.05) is 49.9 Å². The number of fused-ring (bicyclic) bond motifs is 1. The Hall–Kier alpha value is -3.51. The third kappa shape index (κ3) is 14.0. The number of ether oxygens (including phenoxy) is 9.